The first-order valence-electron chi connectivity index (χ1n) is 9.55. The highest BCUT2D eigenvalue weighted by Crippen LogP contribution is 2.16. The number of nitrogens with one attached hydrogen (secondary N) is 2. The predicted molar refractivity (Wildman–Crippen MR) is 109 cm³/mol. The SMILES string of the molecule is CCCCN(C)CC(=O)Nc1cccc(S(=O)(=O)NC2=NCCCCC2)c1. The van der Waals surface area contributed by atoms with Gasteiger partial charge in [0.2, 0.25) is 5.91 Å². The molecule has 1 aliphatic rings. The van der Waals surface area contributed by atoms with Crippen molar-refractivity contribution in [2.75, 3.05) is 32.0 Å². The smallest absolute Gasteiger partial charge is 0.262 e. The summed E-state index contributed by atoms with van der Waals surface area (Å²) in [4.78, 5) is 18.5. The molecule has 2 N–H and O–H groups in total. The number of carbonyl (C=O) groups is 1. The van der Waals surface area contributed by atoms with Gasteiger partial charge >= 0.3 is 0 Å². The highest BCUT2D eigenvalue weighted by Gasteiger charge is 2.18. The van der Waals surface area contributed by atoms with E-state index in [1.54, 1.807) is 12.1 Å². The number of unbranched alkanes of at least 4 members (excludes halogenated alkanes) is 1. The van der Waals surface area contributed by atoms with Gasteiger partial charge in [0.25, 0.3) is 10.0 Å². The molecular weight excluding hydrogens is 364 g/mol. The zero-order valence-corrected chi connectivity index (χ0v) is 17.0. The number of likely N-dealkylation sites (N-methyl/N-ethyl adjacent to an activating group) is 1. The van der Waals surface area contributed by atoms with Crippen LogP contribution in [0.5, 0.6) is 0 Å². The molecule has 150 valence electrons. The topological polar surface area (TPSA) is 90.9 Å². The van der Waals surface area contributed by atoms with Crippen LogP contribution in [0.15, 0.2) is 34.2 Å². The Labute approximate surface area is 162 Å². The molecule has 1 heterocycles. The van der Waals surface area contributed by atoms with Gasteiger partial charge in [-0.2, -0.15) is 0 Å². The number of hydrogen-bond donors (Lipinski definition) is 2. The van der Waals surface area contributed by atoms with Gasteiger partial charge in [0.15, 0.2) is 0 Å². The fraction of sp³-hybridized carbons (Fsp3) is 0.579. The fourth-order valence-electron chi connectivity index (χ4n) is 2.87. The minimum absolute atomic E-state index is 0.117. The number of aliphatic imine (C=N–C) groups is 1. The predicted octanol–water partition coefficient (Wildman–Crippen LogP) is 2.61. The Morgan fingerprint density at radius 1 is 1.26 bits per heavy atom. The van der Waals surface area contributed by atoms with E-state index in [4.69, 9.17) is 0 Å². The molecule has 1 aliphatic heterocycles. The Morgan fingerprint density at radius 3 is 2.85 bits per heavy atom. The van der Waals surface area contributed by atoms with E-state index in [-0.39, 0.29) is 17.3 Å². The molecule has 0 bridgehead atoms. The molecule has 0 saturated carbocycles. The first kappa shape index (κ1) is 21.4. The fourth-order valence-corrected chi connectivity index (χ4v) is 4.00. The zero-order chi connectivity index (χ0) is 19.7. The molecule has 0 unspecified atom stereocenters. The Bertz CT molecular complexity index is 762. The van der Waals surface area contributed by atoms with Crippen molar-refractivity contribution in [3.05, 3.63) is 24.3 Å². The van der Waals surface area contributed by atoms with Gasteiger partial charge in [0.1, 0.15) is 5.84 Å². The zero-order valence-electron chi connectivity index (χ0n) is 16.2. The van der Waals surface area contributed by atoms with Crippen LogP contribution in [0, 0.1) is 0 Å². The third-order valence-corrected chi connectivity index (χ3v) is 5.74. The van der Waals surface area contributed by atoms with Crippen LogP contribution in [-0.2, 0) is 14.8 Å². The standard InChI is InChI=1S/C19H30N4O3S/c1-3-4-13-23(2)15-19(24)21-16-9-8-10-17(14-16)27(25,26)22-18-11-6-5-7-12-20-18/h8-10,14H,3-7,11-13,15H2,1-2H3,(H,20,22)(H,21,24). The van der Waals surface area contributed by atoms with Gasteiger partial charge in [-0.15, -0.1) is 0 Å². The van der Waals surface area contributed by atoms with Crippen LogP contribution in [0.2, 0.25) is 0 Å². The third kappa shape index (κ3) is 7.30. The Hall–Kier alpha value is -1.93. The number of hydrogen-bond acceptors (Lipinski definition) is 5. The van der Waals surface area contributed by atoms with Crippen molar-refractivity contribution in [2.24, 2.45) is 4.99 Å². The summed E-state index contributed by atoms with van der Waals surface area (Å²) >= 11 is 0. The van der Waals surface area contributed by atoms with E-state index in [0.717, 1.165) is 38.6 Å². The van der Waals surface area contributed by atoms with Crippen LogP contribution in [0.25, 0.3) is 0 Å². The summed E-state index contributed by atoms with van der Waals surface area (Å²) in [5.74, 6) is 0.351. The Morgan fingerprint density at radius 2 is 2.07 bits per heavy atom. The number of anilines is 1. The molecular formula is C19H30N4O3S. The molecule has 0 aliphatic carbocycles. The van der Waals surface area contributed by atoms with Gasteiger partial charge in [-0.3, -0.25) is 19.4 Å². The van der Waals surface area contributed by atoms with Gasteiger partial charge in [0.05, 0.1) is 11.4 Å². The van der Waals surface area contributed by atoms with Crippen molar-refractivity contribution >= 4 is 27.5 Å². The summed E-state index contributed by atoms with van der Waals surface area (Å²) in [7, 11) is -1.82. The maximum Gasteiger partial charge on any atom is 0.262 e. The second-order valence-electron chi connectivity index (χ2n) is 6.91. The molecule has 27 heavy (non-hydrogen) atoms. The van der Waals surface area contributed by atoms with Gasteiger partial charge in [-0.25, -0.2) is 8.42 Å². The molecule has 8 heteroatoms. The van der Waals surface area contributed by atoms with Gasteiger partial charge < -0.3 is 5.32 Å². The van der Waals surface area contributed by atoms with E-state index in [0.29, 0.717) is 24.5 Å². The maximum absolute atomic E-state index is 12.6. The molecule has 1 amide bonds. The van der Waals surface area contributed by atoms with E-state index in [1.807, 2.05) is 11.9 Å². The normalized spacial score (nSPS) is 15.1. The molecule has 2 rings (SSSR count). The molecule has 0 fully saturated rings. The highest BCUT2D eigenvalue weighted by molar-refractivity contribution is 7.90. The number of rotatable bonds is 8. The van der Waals surface area contributed by atoms with Crippen molar-refractivity contribution in [1.29, 1.82) is 0 Å². The average molecular weight is 395 g/mol. The molecule has 1 aromatic carbocycles. The summed E-state index contributed by atoms with van der Waals surface area (Å²) in [6, 6.07) is 6.30. The lowest BCUT2D eigenvalue weighted by Crippen LogP contribution is -2.31. The first-order valence-corrected chi connectivity index (χ1v) is 11.0. The first-order chi connectivity index (χ1) is 12.9. The van der Waals surface area contributed by atoms with Crippen LogP contribution in [-0.4, -0.2) is 51.7 Å². The lowest BCUT2D eigenvalue weighted by molar-refractivity contribution is -0.117. The molecule has 1 aromatic rings. The molecule has 0 saturated heterocycles. The van der Waals surface area contributed by atoms with Crippen molar-refractivity contribution in [3.63, 3.8) is 0 Å². The summed E-state index contributed by atoms with van der Waals surface area (Å²) in [5.41, 5.74) is 0.467. The van der Waals surface area contributed by atoms with Gasteiger partial charge in [0, 0.05) is 18.7 Å². The van der Waals surface area contributed by atoms with Crippen LogP contribution in [0.3, 0.4) is 0 Å². The van der Waals surface area contributed by atoms with Gasteiger partial charge in [-0.05, 0) is 51.1 Å². The van der Waals surface area contributed by atoms with Crippen molar-refractivity contribution < 1.29 is 13.2 Å². The second-order valence-corrected chi connectivity index (χ2v) is 8.59. The van der Waals surface area contributed by atoms with E-state index in [9.17, 15) is 13.2 Å². The number of amides is 1. The minimum atomic E-state index is -3.71. The molecule has 0 spiro atoms. The number of nitrogens with zero attached hydrogens (tertiary/aromatic N) is 2. The summed E-state index contributed by atoms with van der Waals surface area (Å²) in [6.45, 7) is 3.88. The van der Waals surface area contributed by atoms with Gasteiger partial charge in [-0.1, -0.05) is 25.8 Å². The molecule has 0 atom stereocenters. The van der Waals surface area contributed by atoms with E-state index >= 15 is 0 Å². The number of amidine groups is 1. The lowest BCUT2D eigenvalue weighted by Gasteiger charge is -2.16. The van der Waals surface area contributed by atoms with Crippen molar-refractivity contribution in [3.8, 4) is 0 Å². The van der Waals surface area contributed by atoms with Crippen LogP contribution in [0.4, 0.5) is 5.69 Å². The van der Waals surface area contributed by atoms with E-state index in [2.05, 4.69) is 22.0 Å². The van der Waals surface area contributed by atoms with Crippen molar-refractivity contribution in [2.45, 2.75) is 50.3 Å². The lowest BCUT2D eigenvalue weighted by atomic mass is 10.2. The third-order valence-electron chi connectivity index (χ3n) is 4.36. The van der Waals surface area contributed by atoms with Crippen molar-refractivity contribution in [1.82, 2.24) is 9.62 Å². The van der Waals surface area contributed by atoms with Crippen LogP contribution >= 0.6 is 0 Å². The summed E-state index contributed by atoms with van der Waals surface area (Å²) in [6.07, 6.45) is 5.72. The monoisotopic (exact) mass is 394 g/mol. The quantitative estimate of drug-likeness (QED) is 0.709. The Kier molecular flexibility index (Phi) is 8.24. The minimum Gasteiger partial charge on any atom is -0.325 e. The average Bonchev–Trinajstić information content (AvgIpc) is 2.88. The number of benzene rings is 1. The summed E-state index contributed by atoms with van der Waals surface area (Å²) in [5, 5.41) is 2.77. The number of carbonyl (C=O) groups excluding carboxylic acids is 1. The van der Waals surface area contributed by atoms with Crippen LogP contribution in [0.1, 0.15) is 45.4 Å². The number of sulfonamides is 1. The molecule has 7 nitrogen and oxygen atoms in total. The van der Waals surface area contributed by atoms with E-state index < -0.39 is 10.0 Å². The molecule has 0 aromatic heterocycles. The Balaban J connectivity index is 2.01. The maximum atomic E-state index is 12.6. The van der Waals surface area contributed by atoms with Crippen LogP contribution < -0.4 is 10.0 Å². The largest absolute Gasteiger partial charge is 0.325 e. The highest BCUT2D eigenvalue weighted by atomic mass is 32.2. The van der Waals surface area contributed by atoms with E-state index in [1.165, 1.54) is 12.1 Å². The second kappa shape index (κ2) is 10.4. The summed E-state index contributed by atoms with van der Waals surface area (Å²) < 4.78 is 27.9. The molecule has 0 radical (unpaired) electrons.